The summed E-state index contributed by atoms with van der Waals surface area (Å²) < 4.78 is 0. The minimum Gasteiger partial charge on any atom is -0.370 e. The van der Waals surface area contributed by atoms with Crippen molar-refractivity contribution in [3.63, 3.8) is 0 Å². The van der Waals surface area contributed by atoms with E-state index in [0.717, 1.165) is 18.8 Å². The zero-order chi connectivity index (χ0) is 13.7. The van der Waals surface area contributed by atoms with E-state index < -0.39 is 6.04 Å². The third-order valence-electron chi connectivity index (χ3n) is 3.38. The Morgan fingerprint density at radius 1 is 1.32 bits per heavy atom. The Morgan fingerprint density at radius 3 is 2.53 bits per heavy atom. The molecular formula is C14H22N4O. The third-order valence-corrected chi connectivity index (χ3v) is 3.38. The van der Waals surface area contributed by atoms with Crippen molar-refractivity contribution in [2.75, 3.05) is 23.3 Å². The van der Waals surface area contributed by atoms with Crippen molar-refractivity contribution in [3.8, 4) is 0 Å². The minimum atomic E-state index is -0.521. The van der Waals surface area contributed by atoms with Gasteiger partial charge in [0, 0.05) is 13.1 Å². The van der Waals surface area contributed by atoms with E-state index in [4.69, 9.17) is 5.73 Å². The number of amides is 1. The van der Waals surface area contributed by atoms with Crippen molar-refractivity contribution in [3.05, 3.63) is 18.3 Å². The molecule has 0 radical (unpaired) electrons. The monoisotopic (exact) mass is 262 g/mol. The number of anilines is 2. The smallest absolute Gasteiger partial charge is 0.242 e. The maximum Gasteiger partial charge on any atom is 0.242 e. The number of nitrogens with zero attached hydrogens (tertiary/aromatic N) is 2. The van der Waals surface area contributed by atoms with E-state index in [9.17, 15) is 4.79 Å². The molecule has 104 valence electrons. The van der Waals surface area contributed by atoms with Crippen molar-refractivity contribution < 1.29 is 4.79 Å². The van der Waals surface area contributed by atoms with Crippen LogP contribution in [0.15, 0.2) is 18.3 Å². The molecule has 0 spiro atoms. The number of carbonyl (C=O) groups excluding carboxylic acids is 1. The summed E-state index contributed by atoms with van der Waals surface area (Å²) in [5, 5.41) is 2.69. The lowest BCUT2D eigenvalue weighted by Crippen LogP contribution is -2.32. The Kier molecular flexibility index (Phi) is 4.74. The molecule has 5 heteroatoms. The Labute approximate surface area is 114 Å². The number of nitrogens with two attached hydrogens (primary N) is 1. The van der Waals surface area contributed by atoms with E-state index in [1.165, 1.54) is 25.7 Å². The summed E-state index contributed by atoms with van der Waals surface area (Å²) in [4.78, 5) is 18.1. The first-order valence-electron chi connectivity index (χ1n) is 6.94. The van der Waals surface area contributed by atoms with Crippen LogP contribution in [0.2, 0.25) is 0 Å². The molecule has 1 aliphatic heterocycles. The Hall–Kier alpha value is -1.62. The number of hydrogen-bond donors (Lipinski definition) is 2. The van der Waals surface area contributed by atoms with Crippen molar-refractivity contribution >= 4 is 17.4 Å². The van der Waals surface area contributed by atoms with Gasteiger partial charge in [0.2, 0.25) is 5.91 Å². The molecule has 3 N–H and O–H groups in total. The second-order valence-electron chi connectivity index (χ2n) is 5.08. The summed E-state index contributed by atoms with van der Waals surface area (Å²) in [6.07, 6.45) is 6.92. The van der Waals surface area contributed by atoms with Crippen LogP contribution in [0.1, 0.15) is 32.6 Å². The number of hydrogen-bond acceptors (Lipinski definition) is 4. The lowest BCUT2D eigenvalue weighted by atomic mass is 10.2. The van der Waals surface area contributed by atoms with E-state index in [1.54, 1.807) is 6.92 Å². The highest BCUT2D eigenvalue weighted by Gasteiger charge is 2.11. The van der Waals surface area contributed by atoms with E-state index in [0.29, 0.717) is 5.82 Å². The molecule has 1 unspecified atom stereocenters. The number of carbonyl (C=O) groups is 1. The molecule has 1 aromatic rings. The lowest BCUT2D eigenvalue weighted by Gasteiger charge is -2.22. The normalized spacial score (nSPS) is 17.7. The predicted molar refractivity (Wildman–Crippen MR) is 77.2 cm³/mol. The van der Waals surface area contributed by atoms with Gasteiger partial charge in [0.1, 0.15) is 5.82 Å². The van der Waals surface area contributed by atoms with Crippen molar-refractivity contribution in [1.29, 1.82) is 0 Å². The van der Waals surface area contributed by atoms with E-state index >= 15 is 0 Å². The van der Waals surface area contributed by atoms with E-state index in [2.05, 4.69) is 15.2 Å². The second kappa shape index (κ2) is 6.52. The largest absolute Gasteiger partial charge is 0.370 e. The summed E-state index contributed by atoms with van der Waals surface area (Å²) in [5.74, 6) is 0.343. The molecule has 19 heavy (non-hydrogen) atoms. The highest BCUT2D eigenvalue weighted by atomic mass is 16.2. The molecule has 1 saturated heterocycles. The summed E-state index contributed by atoms with van der Waals surface area (Å²) >= 11 is 0. The number of nitrogens with one attached hydrogen (secondary N) is 1. The van der Waals surface area contributed by atoms with Crippen LogP contribution in [-0.2, 0) is 4.79 Å². The Morgan fingerprint density at radius 2 is 2.00 bits per heavy atom. The fraction of sp³-hybridized carbons (Fsp3) is 0.571. The van der Waals surface area contributed by atoms with Crippen LogP contribution >= 0.6 is 0 Å². The average molecular weight is 262 g/mol. The van der Waals surface area contributed by atoms with Crippen molar-refractivity contribution in [2.45, 2.75) is 38.6 Å². The maximum atomic E-state index is 11.5. The predicted octanol–water partition coefficient (Wildman–Crippen LogP) is 1.75. The van der Waals surface area contributed by atoms with Gasteiger partial charge in [0.25, 0.3) is 0 Å². The van der Waals surface area contributed by atoms with E-state index in [1.807, 2.05) is 18.3 Å². The first-order chi connectivity index (χ1) is 9.16. The van der Waals surface area contributed by atoms with Crippen LogP contribution < -0.4 is 16.0 Å². The van der Waals surface area contributed by atoms with Crippen LogP contribution in [0.3, 0.4) is 0 Å². The lowest BCUT2D eigenvalue weighted by molar-refractivity contribution is -0.117. The molecule has 1 aliphatic rings. The van der Waals surface area contributed by atoms with Crippen LogP contribution in [0.25, 0.3) is 0 Å². The molecule has 0 bridgehead atoms. The van der Waals surface area contributed by atoms with Crippen LogP contribution in [0.5, 0.6) is 0 Å². The average Bonchev–Trinajstić information content (AvgIpc) is 2.68. The highest BCUT2D eigenvalue weighted by Crippen LogP contribution is 2.19. The van der Waals surface area contributed by atoms with Crippen LogP contribution in [0.4, 0.5) is 11.5 Å². The summed E-state index contributed by atoms with van der Waals surface area (Å²) in [5.41, 5.74) is 6.63. The summed E-state index contributed by atoms with van der Waals surface area (Å²) in [7, 11) is 0. The number of pyridine rings is 1. The summed E-state index contributed by atoms with van der Waals surface area (Å²) in [6.45, 7) is 3.83. The minimum absolute atomic E-state index is 0.213. The molecule has 0 aliphatic carbocycles. The standard InChI is InChI=1S/C14H22N4O/c1-11(15)14(19)17-13-7-6-12(10-16-13)18-8-4-2-3-5-9-18/h6-7,10-11H,2-5,8-9,15H2,1H3,(H,16,17,19). The summed E-state index contributed by atoms with van der Waals surface area (Å²) in [6, 6.07) is 3.32. The van der Waals surface area contributed by atoms with E-state index in [-0.39, 0.29) is 5.91 Å². The zero-order valence-corrected chi connectivity index (χ0v) is 11.4. The Bertz CT molecular complexity index is 408. The molecule has 1 fully saturated rings. The highest BCUT2D eigenvalue weighted by molar-refractivity contribution is 5.93. The van der Waals surface area contributed by atoms with Gasteiger partial charge < -0.3 is 16.0 Å². The van der Waals surface area contributed by atoms with Gasteiger partial charge in [-0.05, 0) is 31.9 Å². The maximum absolute atomic E-state index is 11.5. The fourth-order valence-electron chi connectivity index (χ4n) is 2.22. The first kappa shape index (κ1) is 13.8. The molecule has 1 amide bonds. The second-order valence-corrected chi connectivity index (χ2v) is 5.08. The molecular weight excluding hydrogens is 240 g/mol. The first-order valence-corrected chi connectivity index (χ1v) is 6.94. The van der Waals surface area contributed by atoms with Gasteiger partial charge in [-0.3, -0.25) is 4.79 Å². The Balaban J connectivity index is 1.99. The van der Waals surface area contributed by atoms with Gasteiger partial charge in [-0.1, -0.05) is 12.8 Å². The number of aromatic nitrogens is 1. The van der Waals surface area contributed by atoms with Crippen molar-refractivity contribution in [2.24, 2.45) is 5.73 Å². The topological polar surface area (TPSA) is 71.2 Å². The van der Waals surface area contributed by atoms with Crippen LogP contribution in [0, 0.1) is 0 Å². The van der Waals surface area contributed by atoms with Crippen molar-refractivity contribution in [1.82, 2.24) is 4.98 Å². The van der Waals surface area contributed by atoms with Crippen LogP contribution in [-0.4, -0.2) is 30.0 Å². The van der Waals surface area contributed by atoms with Gasteiger partial charge in [-0.2, -0.15) is 0 Å². The third kappa shape index (κ3) is 3.92. The van der Waals surface area contributed by atoms with Gasteiger partial charge >= 0.3 is 0 Å². The van der Waals surface area contributed by atoms with Gasteiger partial charge in [0.15, 0.2) is 0 Å². The molecule has 0 aromatic carbocycles. The quantitative estimate of drug-likeness (QED) is 0.870. The SMILES string of the molecule is CC(N)C(=O)Nc1ccc(N2CCCCCC2)cn1. The fourth-order valence-corrected chi connectivity index (χ4v) is 2.22. The van der Waals surface area contributed by atoms with Gasteiger partial charge in [-0.15, -0.1) is 0 Å². The number of rotatable bonds is 3. The molecule has 2 rings (SSSR count). The molecule has 1 aromatic heterocycles. The van der Waals surface area contributed by atoms with Gasteiger partial charge in [0.05, 0.1) is 17.9 Å². The zero-order valence-electron chi connectivity index (χ0n) is 11.4. The molecule has 0 saturated carbocycles. The molecule has 2 heterocycles. The van der Waals surface area contributed by atoms with Gasteiger partial charge in [-0.25, -0.2) is 4.98 Å². The molecule has 5 nitrogen and oxygen atoms in total. The molecule has 1 atom stereocenters.